The summed E-state index contributed by atoms with van der Waals surface area (Å²) in [7, 11) is 0. The van der Waals surface area contributed by atoms with Gasteiger partial charge in [-0.1, -0.05) is 29.8 Å². The van der Waals surface area contributed by atoms with Crippen LogP contribution in [0.3, 0.4) is 0 Å². The summed E-state index contributed by atoms with van der Waals surface area (Å²) in [6.07, 6.45) is 1.28. The Balaban J connectivity index is 1.34. The predicted octanol–water partition coefficient (Wildman–Crippen LogP) is 4.35. The van der Waals surface area contributed by atoms with E-state index in [0.717, 1.165) is 11.1 Å². The Morgan fingerprint density at radius 1 is 1.23 bits per heavy atom. The Morgan fingerprint density at radius 3 is 2.72 bits per heavy atom. The van der Waals surface area contributed by atoms with Gasteiger partial charge in [0.1, 0.15) is 17.1 Å². The van der Waals surface area contributed by atoms with Gasteiger partial charge < -0.3 is 15.1 Å². The smallest absolute Gasteiger partial charge is 0.251 e. The zero-order valence-electron chi connectivity index (χ0n) is 20.9. The molecule has 1 aromatic heterocycles. The van der Waals surface area contributed by atoms with Crippen LogP contribution >= 0.6 is 11.6 Å². The van der Waals surface area contributed by atoms with Crippen molar-refractivity contribution in [2.24, 2.45) is 0 Å². The van der Waals surface area contributed by atoms with E-state index in [1.165, 1.54) is 6.07 Å². The number of nitrogens with one attached hydrogen (secondary N) is 2. The van der Waals surface area contributed by atoms with E-state index in [9.17, 15) is 23.6 Å². The fourth-order valence-electron chi connectivity index (χ4n) is 4.56. The molecule has 2 N–H and O–H groups in total. The zero-order valence-corrected chi connectivity index (χ0v) is 21.7. The van der Waals surface area contributed by atoms with Crippen LogP contribution in [0.4, 0.5) is 8.78 Å². The molecule has 11 heteroatoms. The molecule has 39 heavy (non-hydrogen) atoms. The number of hydrogen-bond donors (Lipinski definition) is 2. The highest BCUT2D eigenvalue weighted by Gasteiger charge is 2.46. The van der Waals surface area contributed by atoms with E-state index >= 15 is 0 Å². The summed E-state index contributed by atoms with van der Waals surface area (Å²) in [6.45, 7) is 0.752. The maximum absolute atomic E-state index is 13.1. The fraction of sp³-hybridized carbons (Fsp3) is 0.357. The number of hydrogen-bond acceptors (Lipinski definition) is 6. The molecule has 8 nitrogen and oxygen atoms in total. The van der Waals surface area contributed by atoms with Crippen LogP contribution in [0.15, 0.2) is 53.0 Å². The van der Waals surface area contributed by atoms with E-state index in [-0.39, 0.29) is 24.4 Å². The van der Waals surface area contributed by atoms with Crippen LogP contribution in [-0.4, -0.2) is 59.3 Å². The third-order valence-electron chi connectivity index (χ3n) is 6.91. The average Bonchev–Trinajstić information content (AvgIpc) is 3.57. The van der Waals surface area contributed by atoms with Crippen LogP contribution in [0.2, 0.25) is 5.02 Å². The summed E-state index contributed by atoms with van der Waals surface area (Å²) < 4.78 is 31.3. The quantitative estimate of drug-likeness (QED) is 0.407. The number of nitrogens with zero attached hydrogens (tertiary/aromatic N) is 3. The molecular weight excluding hydrogens is 528 g/mol. The van der Waals surface area contributed by atoms with Gasteiger partial charge in [-0.15, -0.1) is 0 Å². The van der Waals surface area contributed by atoms with Gasteiger partial charge in [0, 0.05) is 23.7 Å². The zero-order chi connectivity index (χ0) is 27.6. The number of carbonyl (C=O) groups excluding carboxylic acids is 2. The van der Waals surface area contributed by atoms with Crippen LogP contribution in [0.25, 0.3) is 16.7 Å². The first-order chi connectivity index (χ1) is 18.7. The van der Waals surface area contributed by atoms with E-state index in [1.807, 2.05) is 18.2 Å². The summed E-state index contributed by atoms with van der Waals surface area (Å²) in [5.74, 6) is -0.757. The van der Waals surface area contributed by atoms with Gasteiger partial charge in [-0.3, -0.25) is 14.5 Å². The Kier molecular flexibility index (Phi) is 7.64. The minimum atomic E-state index is -2.36. The number of fused-ring (bicyclic) bond motifs is 1. The Bertz CT molecular complexity index is 1480. The van der Waals surface area contributed by atoms with E-state index in [4.69, 9.17) is 16.0 Å². The molecule has 2 amide bonds. The van der Waals surface area contributed by atoms with Crippen molar-refractivity contribution in [1.82, 2.24) is 20.5 Å². The average molecular weight is 554 g/mol. The van der Waals surface area contributed by atoms with Gasteiger partial charge in [-0.25, -0.2) is 13.8 Å². The van der Waals surface area contributed by atoms with Gasteiger partial charge in [-0.2, -0.15) is 5.26 Å². The van der Waals surface area contributed by atoms with Gasteiger partial charge in [0.2, 0.25) is 5.91 Å². The number of amides is 2. The number of carbonyl (C=O) groups is 2. The summed E-state index contributed by atoms with van der Waals surface area (Å²) in [5.41, 5.74) is 2.42. The van der Waals surface area contributed by atoms with Gasteiger partial charge in [0.05, 0.1) is 19.0 Å². The summed E-state index contributed by atoms with van der Waals surface area (Å²) >= 11 is 6.02. The van der Waals surface area contributed by atoms with Crippen molar-refractivity contribution in [3.8, 4) is 6.07 Å². The van der Waals surface area contributed by atoms with E-state index in [0.29, 0.717) is 48.5 Å². The molecule has 1 atom stereocenters. The van der Waals surface area contributed by atoms with Gasteiger partial charge in [-0.05, 0) is 60.7 Å². The van der Waals surface area contributed by atoms with Crippen LogP contribution in [0, 0.1) is 11.3 Å². The van der Waals surface area contributed by atoms with Crippen LogP contribution in [0.1, 0.15) is 41.1 Å². The summed E-state index contributed by atoms with van der Waals surface area (Å²) in [4.78, 5) is 32.2. The molecule has 1 aliphatic heterocycles. The molecule has 1 aliphatic carbocycles. The number of nitriles is 1. The van der Waals surface area contributed by atoms with Crippen molar-refractivity contribution in [1.29, 1.82) is 5.26 Å². The topological polar surface area (TPSA) is 111 Å². The number of rotatable bonds is 9. The lowest BCUT2D eigenvalue weighted by molar-refractivity contribution is -0.123. The van der Waals surface area contributed by atoms with E-state index in [1.54, 1.807) is 29.2 Å². The monoisotopic (exact) mass is 553 g/mol. The highest BCUT2D eigenvalue weighted by Crippen LogP contribution is 2.34. The molecule has 0 spiro atoms. The molecule has 2 aliphatic rings. The molecule has 3 aromatic rings. The SMILES string of the molecule is N#CC1(NC(=O)[C@H](Cc2nc3ccc(C4=CCN(CC(F)F)CC4)cc3o2)NC(=O)c2cccc(Cl)c2)CC1. The lowest BCUT2D eigenvalue weighted by atomic mass is 9.99. The molecule has 0 saturated heterocycles. The first-order valence-electron chi connectivity index (χ1n) is 12.6. The highest BCUT2D eigenvalue weighted by molar-refractivity contribution is 6.31. The van der Waals surface area contributed by atoms with Crippen molar-refractivity contribution in [3.05, 3.63) is 70.6 Å². The van der Waals surface area contributed by atoms with Crippen LogP contribution < -0.4 is 10.6 Å². The number of aromatic nitrogens is 1. The third kappa shape index (κ3) is 6.44. The maximum Gasteiger partial charge on any atom is 0.251 e. The number of alkyl halides is 2. The highest BCUT2D eigenvalue weighted by atomic mass is 35.5. The normalized spacial score (nSPS) is 17.4. The molecule has 1 saturated carbocycles. The second kappa shape index (κ2) is 11.1. The largest absolute Gasteiger partial charge is 0.441 e. The van der Waals surface area contributed by atoms with Gasteiger partial charge >= 0.3 is 0 Å². The van der Waals surface area contributed by atoms with Crippen LogP contribution in [0.5, 0.6) is 0 Å². The first-order valence-corrected chi connectivity index (χ1v) is 13.0. The third-order valence-corrected chi connectivity index (χ3v) is 7.14. The van der Waals surface area contributed by atoms with Crippen molar-refractivity contribution in [2.45, 2.75) is 43.7 Å². The second-order valence-corrected chi connectivity index (χ2v) is 10.3. The van der Waals surface area contributed by atoms with Crippen molar-refractivity contribution >= 4 is 40.1 Å². The first kappa shape index (κ1) is 26.8. The van der Waals surface area contributed by atoms with Crippen LogP contribution in [-0.2, 0) is 11.2 Å². The Morgan fingerprint density at radius 2 is 2.05 bits per heavy atom. The molecule has 202 valence electrons. The maximum atomic E-state index is 13.1. The van der Waals surface area contributed by atoms with Crippen molar-refractivity contribution < 1.29 is 22.8 Å². The number of halogens is 3. The minimum absolute atomic E-state index is 0.0328. The van der Waals surface area contributed by atoms with E-state index in [2.05, 4.69) is 21.7 Å². The van der Waals surface area contributed by atoms with E-state index < -0.39 is 29.8 Å². The summed E-state index contributed by atoms with van der Waals surface area (Å²) in [5, 5.41) is 15.3. The molecule has 0 bridgehead atoms. The second-order valence-electron chi connectivity index (χ2n) is 9.84. The molecule has 5 rings (SSSR count). The molecule has 0 radical (unpaired) electrons. The Hall–Kier alpha value is -3.81. The van der Waals surface area contributed by atoms with Crippen molar-refractivity contribution in [3.63, 3.8) is 0 Å². The number of benzene rings is 2. The molecular formula is C28H26ClF2N5O3. The molecule has 1 fully saturated rings. The Labute approximate surface area is 228 Å². The van der Waals surface area contributed by atoms with Gasteiger partial charge in [0.25, 0.3) is 12.3 Å². The standard InChI is InChI=1S/C28H26ClF2N5O3/c29-20-3-1-2-19(12-20)26(37)34-22(27(38)35-28(16-32)8-9-28)14-25-33-21-5-4-18(13-23(21)39-25)17-6-10-36(11-7-17)15-24(30)31/h1-6,12-13,22,24H,7-11,14-15H2,(H,34,37)(H,35,38)/t22-/m0/s1. The lowest BCUT2D eigenvalue weighted by Gasteiger charge is -2.25. The molecule has 2 aromatic carbocycles. The minimum Gasteiger partial charge on any atom is -0.441 e. The summed E-state index contributed by atoms with van der Waals surface area (Å²) in [6, 6.07) is 13.0. The molecule has 2 heterocycles. The number of oxazole rings is 1. The van der Waals surface area contributed by atoms with Crippen molar-refractivity contribution in [2.75, 3.05) is 19.6 Å². The predicted molar refractivity (Wildman–Crippen MR) is 141 cm³/mol. The van der Waals surface area contributed by atoms with Gasteiger partial charge in [0.15, 0.2) is 11.5 Å². The molecule has 0 unspecified atom stereocenters. The fourth-order valence-corrected chi connectivity index (χ4v) is 4.75. The lowest BCUT2D eigenvalue weighted by Crippen LogP contribution is -2.51.